The van der Waals surface area contributed by atoms with Crippen molar-refractivity contribution < 1.29 is 4.74 Å². The molecule has 22 heavy (non-hydrogen) atoms. The first-order valence-corrected chi connectivity index (χ1v) is 7.54. The van der Waals surface area contributed by atoms with Crippen molar-refractivity contribution in [3.8, 4) is 11.8 Å². The molecule has 4 nitrogen and oxygen atoms in total. The Morgan fingerprint density at radius 3 is 3.00 bits per heavy atom. The van der Waals surface area contributed by atoms with Crippen LogP contribution in [-0.4, -0.2) is 9.97 Å². The molecule has 1 atom stereocenters. The van der Waals surface area contributed by atoms with E-state index in [2.05, 4.69) is 32.0 Å². The van der Waals surface area contributed by atoms with Crippen molar-refractivity contribution >= 4 is 26.8 Å². The minimum absolute atomic E-state index is 0.168. The van der Waals surface area contributed by atoms with E-state index in [0.29, 0.717) is 5.57 Å². The van der Waals surface area contributed by atoms with Gasteiger partial charge in [0.05, 0.1) is 17.6 Å². The highest BCUT2D eigenvalue weighted by atomic mass is 79.9. The minimum Gasteiger partial charge on any atom is -0.463 e. The van der Waals surface area contributed by atoms with E-state index >= 15 is 0 Å². The van der Waals surface area contributed by atoms with E-state index < -0.39 is 0 Å². The van der Waals surface area contributed by atoms with Crippen molar-refractivity contribution in [3.63, 3.8) is 0 Å². The molecule has 0 aliphatic carbocycles. The van der Waals surface area contributed by atoms with Gasteiger partial charge < -0.3 is 9.72 Å². The number of nitrogens with zero attached hydrogens (tertiary/aromatic N) is 2. The Kier molecular flexibility index (Phi) is 2.98. The van der Waals surface area contributed by atoms with Crippen LogP contribution in [-0.2, 0) is 0 Å². The van der Waals surface area contributed by atoms with Gasteiger partial charge in [0.15, 0.2) is 0 Å². The van der Waals surface area contributed by atoms with Crippen molar-refractivity contribution in [1.29, 1.82) is 5.26 Å². The minimum atomic E-state index is -0.168. The highest BCUT2D eigenvalue weighted by Gasteiger charge is 2.28. The molecular formula is C17H10BrN3O. The van der Waals surface area contributed by atoms with Gasteiger partial charge in [-0.1, -0.05) is 6.07 Å². The normalized spacial score (nSPS) is 16.5. The Morgan fingerprint density at radius 2 is 2.18 bits per heavy atom. The molecule has 1 unspecified atom stereocenters. The Hall–Kier alpha value is -2.58. The Bertz CT molecular complexity index is 952. The van der Waals surface area contributed by atoms with E-state index in [9.17, 15) is 5.26 Å². The third-order valence-corrected chi connectivity index (χ3v) is 4.26. The van der Waals surface area contributed by atoms with Crippen LogP contribution in [0, 0.1) is 11.3 Å². The van der Waals surface area contributed by atoms with Crippen molar-refractivity contribution in [1.82, 2.24) is 9.97 Å². The summed E-state index contributed by atoms with van der Waals surface area (Å²) in [6.45, 7) is 0. The lowest BCUT2D eigenvalue weighted by Crippen LogP contribution is -2.11. The van der Waals surface area contributed by atoms with Gasteiger partial charge in [-0.05, 0) is 39.7 Å². The summed E-state index contributed by atoms with van der Waals surface area (Å²) in [6, 6.07) is 10.2. The first-order chi connectivity index (χ1) is 10.8. The molecule has 1 aliphatic heterocycles. The van der Waals surface area contributed by atoms with Crippen LogP contribution in [0.5, 0.6) is 5.75 Å². The van der Waals surface area contributed by atoms with Crippen molar-refractivity contribution in [2.75, 3.05) is 0 Å². The topological polar surface area (TPSA) is 61.7 Å². The van der Waals surface area contributed by atoms with Gasteiger partial charge in [0.2, 0.25) is 0 Å². The number of fused-ring (bicyclic) bond motifs is 3. The zero-order valence-electron chi connectivity index (χ0n) is 11.4. The Labute approximate surface area is 135 Å². The molecule has 106 valence electrons. The van der Waals surface area contributed by atoms with E-state index in [4.69, 9.17) is 4.74 Å². The highest BCUT2D eigenvalue weighted by molar-refractivity contribution is 9.10. The molecule has 0 fully saturated rings. The predicted octanol–water partition coefficient (Wildman–Crippen LogP) is 4.26. The van der Waals surface area contributed by atoms with E-state index in [0.717, 1.165) is 32.3 Å². The van der Waals surface area contributed by atoms with Gasteiger partial charge in [-0.2, -0.15) is 5.26 Å². The van der Waals surface area contributed by atoms with E-state index in [1.165, 1.54) is 0 Å². The van der Waals surface area contributed by atoms with Crippen LogP contribution in [0.25, 0.3) is 10.9 Å². The first-order valence-electron chi connectivity index (χ1n) is 6.75. The van der Waals surface area contributed by atoms with E-state index in [1.807, 2.05) is 30.5 Å². The number of allylic oxidation sites excluding steroid dienone is 1. The molecule has 3 aromatic rings. The summed E-state index contributed by atoms with van der Waals surface area (Å²) in [6.07, 6.45) is 6.94. The fraction of sp³-hybridized carbons (Fsp3) is 0.0588. The number of rotatable bonds is 1. The molecule has 0 saturated carbocycles. The van der Waals surface area contributed by atoms with E-state index in [-0.39, 0.29) is 5.92 Å². The molecular weight excluding hydrogens is 342 g/mol. The molecule has 0 saturated heterocycles. The van der Waals surface area contributed by atoms with Gasteiger partial charge in [-0.15, -0.1) is 0 Å². The third kappa shape index (κ3) is 1.92. The lowest BCUT2D eigenvalue weighted by molar-refractivity contribution is 0.459. The number of pyridine rings is 1. The molecule has 3 heterocycles. The van der Waals surface area contributed by atoms with Crippen molar-refractivity contribution in [2.24, 2.45) is 0 Å². The summed E-state index contributed by atoms with van der Waals surface area (Å²) >= 11 is 3.44. The van der Waals surface area contributed by atoms with Crippen LogP contribution < -0.4 is 4.74 Å². The largest absolute Gasteiger partial charge is 0.463 e. The van der Waals surface area contributed by atoms with Gasteiger partial charge in [-0.3, -0.25) is 4.98 Å². The zero-order chi connectivity index (χ0) is 15.1. The fourth-order valence-corrected chi connectivity index (χ4v) is 3.26. The summed E-state index contributed by atoms with van der Waals surface area (Å²) in [5.41, 5.74) is 3.52. The van der Waals surface area contributed by atoms with Crippen LogP contribution in [0.3, 0.4) is 0 Å². The van der Waals surface area contributed by atoms with Crippen LogP contribution >= 0.6 is 15.9 Å². The Balaban J connectivity index is 1.98. The number of ether oxygens (including phenoxy) is 1. The molecule has 0 spiro atoms. The maximum atomic E-state index is 9.45. The SMILES string of the molecule is N#CC1=COc2c(ccc3[nH]ccc23)C1c1cncc(Br)c1. The number of benzene rings is 1. The lowest BCUT2D eigenvalue weighted by Gasteiger charge is -2.24. The number of halogens is 1. The second kappa shape index (κ2) is 5.00. The average Bonchev–Trinajstić information content (AvgIpc) is 3.02. The summed E-state index contributed by atoms with van der Waals surface area (Å²) < 4.78 is 6.63. The van der Waals surface area contributed by atoms with Crippen LogP contribution in [0.1, 0.15) is 17.0 Å². The van der Waals surface area contributed by atoms with Gasteiger partial charge in [0, 0.05) is 39.5 Å². The maximum absolute atomic E-state index is 9.45. The number of aromatic nitrogens is 2. The van der Waals surface area contributed by atoms with Crippen LogP contribution in [0.15, 0.2) is 59.2 Å². The molecule has 4 rings (SSSR count). The lowest BCUT2D eigenvalue weighted by atomic mass is 9.84. The van der Waals surface area contributed by atoms with Crippen molar-refractivity contribution in [2.45, 2.75) is 5.92 Å². The summed E-state index contributed by atoms with van der Waals surface area (Å²) in [5, 5.41) is 10.5. The number of hydrogen-bond donors (Lipinski definition) is 1. The number of nitriles is 1. The quantitative estimate of drug-likeness (QED) is 0.712. The molecule has 1 aromatic carbocycles. The second-order valence-electron chi connectivity index (χ2n) is 5.10. The number of aromatic amines is 1. The average molecular weight is 352 g/mol. The van der Waals surface area contributed by atoms with Gasteiger partial charge >= 0.3 is 0 Å². The number of nitrogens with one attached hydrogen (secondary N) is 1. The van der Waals surface area contributed by atoms with Gasteiger partial charge in [0.1, 0.15) is 12.0 Å². The third-order valence-electron chi connectivity index (χ3n) is 3.83. The summed E-state index contributed by atoms with van der Waals surface area (Å²) in [4.78, 5) is 7.40. The molecule has 2 aromatic heterocycles. The molecule has 1 N–H and O–H groups in total. The maximum Gasteiger partial charge on any atom is 0.140 e. The molecule has 0 radical (unpaired) electrons. The Morgan fingerprint density at radius 1 is 1.27 bits per heavy atom. The summed E-state index contributed by atoms with van der Waals surface area (Å²) in [7, 11) is 0. The number of hydrogen-bond acceptors (Lipinski definition) is 3. The molecule has 5 heteroatoms. The fourth-order valence-electron chi connectivity index (χ4n) is 2.88. The zero-order valence-corrected chi connectivity index (χ0v) is 13.0. The smallest absolute Gasteiger partial charge is 0.140 e. The molecule has 1 aliphatic rings. The molecule has 0 bridgehead atoms. The van der Waals surface area contributed by atoms with Gasteiger partial charge in [0.25, 0.3) is 0 Å². The van der Waals surface area contributed by atoms with Gasteiger partial charge in [-0.25, -0.2) is 0 Å². The first kappa shape index (κ1) is 13.1. The van der Waals surface area contributed by atoms with Crippen LogP contribution in [0.4, 0.5) is 0 Å². The highest BCUT2D eigenvalue weighted by Crippen LogP contribution is 2.43. The van der Waals surface area contributed by atoms with E-state index in [1.54, 1.807) is 18.7 Å². The predicted molar refractivity (Wildman–Crippen MR) is 86.4 cm³/mol. The second-order valence-corrected chi connectivity index (χ2v) is 6.01. The number of H-pyrrole nitrogens is 1. The van der Waals surface area contributed by atoms with Crippen LogP contribution in [0.2, 0.25) is 0 Å². The summed E-state index contributed by atoms with van der Waals surface area (Å²) in [5.74, 6) is 0.626. The standard InChI is InChI=1S/C17H10BrN3O/c18-12-5-10(7-20-8-12)16-11(6-19)9-22-17-13-3-4-21-15(13)2-1-14(16)17/h1-5,7-9,16,21H. The van der Waals surface area contributed by atoms with Crippen molar-refractivity contribution in [3.05, 3.63) is 70.3 Å². The monoisotopic (exact) mass is 351 g/mol. The molecule has 0 amide bonds.